The van der Waals surface area contributed by atoms with Crippen LogP contribution < -0.4 is 10.6 Å². The quantitative estimate of drug-likeness (QED) is 0.869. The Labute approximate surface area is 118 Å². The van der Waals surface area contributed by atoms with Gasteiger partial charge in [-0.1, -0.05) is 6.92 Å². The van der Waals surface area contributed by atoms with Crippen LogP contribution in [-0.4, -0.2) is 36.6 Å². The molecule has 0 aliphatic carbocycles. The molecule has 0 aliphatic rings. The van der Waals surface area contributed by atoms with Gasteiger partial charge in [-0.2, -0.15) is 15.0 Å². The molecule has 0 radical (unpaired) electrons. The van der Waals surface area contributed by atoms with E-state index in [0.717, 1.165) is 13.0 Å². The molecule has 0 unspecified atom stereocenters. The molecule has 20 heavy (non-hydrogen) atoms. The SMILES string of the molecule is CCCNc1nc(NC(C)(C)C)nc(-n2ccnc2)n1. The minimum absolute atomic E-state index is 0.115. The van der Waals surface area contributed by atoms with Gasteiger partial charge in [0.2, 0.25) is 17.8 Å². The molecule has 0 atom stereocenters. The minimum Gasteiger partial charge on any atom is -0.354 e. The van der Waals surface area contributed by atoms with Crippen LogP contribution in [0.15, 0.2) is 18.7 Å². The predicted molar refractivity (Wildman–Crippen MR) is 79.1 cm³/mol. The summed E-state index contributed by atoms with van der Waals surface area (Å²) in [7, 11) is 0. The highest BCUT2D eigenvalue weighted by atomic mass is 15.3. The Morgan fingerprint density at radius 2 is 1.90 bits per heavy atom. The van der Waals surface area contributed by atoms with Gasteiger partial charge in [0.25, 0.3) is 0 Å². The molecule has 2 aromatic rings. The Balaban J connectivity index is 2.33. The van der Waals surface area contributed by atoms with Crippen molar-refractivity contribution in [2.45, 2.75) is 39.7 Å². The molecule has 2 aromatic heterocycles. The fourth-order valence-electron chi connectivity index (χ4n) is 1.56. The highest BCUT2D eigenvalue weighted by Gasteiger charge is 2.14. The maximum Gasteiger partial charge on any atom is 0.241 e. The van der Waals surface area contributed by atoms with Gasteiger partial charge in [0, 0.05) is 24.5 Å². The molecule has 7 heteroatoms. The van der Waals surface area contributed by atoms with Crippen molar-refractivity contribution in [1.29, 1.82) is 0 Å². The van der Waals surface area contributed by atoms with Gasteiger partial charge in [-0.05, 0) is 27.2 Å². The van der Waals surface area contributed by atoms with Crippen molar-refractivity contribution in [2.75, 3.05) is 17.2 Å². The Kier molecular flexibility index (Phi) is 4.16. The van der Waals surface area contributed by atoms with Crippen molar-refractivity contribution in [3.05, 3.63) is 18.7 Å². The maximum atomic E-state index is 4.42. The number of anilines is 2. The van der Waals surface area contributed by atoms with Gasteiger partial charge in [-0.25, -0.2) is 4.98 Å². The second kappa shape index (κ2) is 5.85. The lowest BCUT2D eigenvalue weighted by Crippen LogP contribution is -2.28. The first-order valence-electron chi connectivity index (χ1n) is 6.74. The smallest absolute Gasteiger partial charge is 0.241 e. The van der Waals surface area contributed by atoms with Crippen LogP contribution in [0.1, 0.15) is 34.1 Å². The number of aromatic nitrogens is 5. The highest BCUT2D eigenvalue weighted by Crippen LogP contribution is 2.13. The molecular formula is C13H21N7. The van der Waals surface area contributed by atoms with Gasteiger partial charge in [-0.3, -0.25) is 4.57 Å². The van der Waals surface area contributed by atoms with E-state index in [4.69, 9.17) is 0 Å². The van der Waals surface area contributed by atoms with E-state index in [9.17, 15) is 0 Å². The second-order valence-electron chi connectivity index (χ2n) is 5.55. The van der Waals surface area contributed by atoms with E-state index < -0.39 is 0 Å². The van der Waals surface area contributed by atoms with Crippen LogP contribution in [0.25, 0.3) is 5.95 Å². The van der Waals surface area contributed by atoms with Crippen LogP contribution in [0.4, 0.5) is 11.9 Å². The molecule has 0 saturated heterocycles. The first-order valence-corrected chi connectivity index (χ1v) is 6.74. The molecule has 0 fully saturated rings. The Morgan fingerprint density at radius 1 is 1.15 bits per heavy atom. The summed E-state index contributed by atoms with van der Waals surface area (Å²) < 4.78 is 1.76. The van der Waals surface area contributed by atoms with E-state index in [1.165, 1.54) is 0 Å². The number of hydrogen-bond acceptors (Lipinski definition) is 6. The summed E-state index contributed by atoms with van der Waals surface area (Å²) in [5.41, 5.74) is -0.115. The van der Waals surface area contributed by atoms with Gasteiger partial charge in [-0.15, -0.1) is 0 Å². The summed E-state index contributed by atoms with van der Waals surface area (Å²) >= 11 is 0. The van der Waals surface area contributed by atoms with Crippen LogP contribution in [0.3, 0.4) is 0 Å². The number of nitrogens with one attached hydrogen (secondary N) is 2. The third-order valence-corrected chi connectivity index (χ3v) is 2.38. The summed E-state index contributed by atoms with van der Waals surface area (Å²) in [4.78, 5) is 17.2. The van der Waals surface area contributed by atoms with E-state index in [2.05, 4.69) is 58.3 Å². The standard InChI is InChI=1S/C13H21N7/c1-5-6-15-10-16-11(19-13(2,3)4)18-12(17-10)20-8-7-14-9-20/h7-9H,5-6H2,1-4H3,(H2,15,16,17,18,19). The zero-order valence-corrected chi connectivity index (χ0v) is 12.4. The summed E-state index contributed by atoms with van der Waals surface area (Å²) in [5, 5.41) is 6.45. The van der Waals surface area contributed by atoms with Crippen LogP contribution >= 0.6 is 0 Å². The Bertz CT molecular complexity index is 542. The summed E-state index contributed by atoms with van der Waals surface area (Å²) in [6.45, 7) is 9.11. The van der Waals surface area contributed by atoms with E-state index in [-0.39, 0.29) is 5.54 Å². The van der Waals surface area contributed by atoms with E-state index >= 15 is 0 Å². The lowest BCUT2D eigenvalue weighted by atomic mass is 10.1. The van der Waals surface area contributed by atoms with E-state index in [1.54, 1.807) is 23.3 Å². The molecule has 0 amide bonds. The van der Waals surface area contributed by atoms with Crippen molar-refractivity contribution in [1.82, 2.24) is 24.5 Å². The molecule has 2 heterocycles. The minimum atomic E-state index is -0.115. The van der Waals surface area contributed by atoms with Crippen molar-refractivity contribution in [3.8, 4) is 5.95 Å². The predicted octanol–water partition coefficient (Wildman–Crippen LogP) is 2.09. The fraction of sp³-hybridized carbons (Fsp3) is 0.538. The van der Waals surface area contributed by atoms with E-state index in [1.807, 2.05) is 0 Å². The van der Waals surface area contributed by atoms with Gasteiger partial charge in [0.1, 0.15) is 6.33 Å². The maximum absolute atomic E-state index is 4.42. The average Bonchev–Trinajstić information content (AvgIpc) is 2.87. The lowest BCUT2D eigenvalue weighted by Gasteiger charge is -2.21. The first-order chi connectivity index (χ1) is 9.48. The van der Waals surface area contributed by atoms with Gasteiger partial charge in [0.05, 0.1) is 0 Å². The second-order valence-corrected chi connectivity index (χ2v) is 5.55. The van der Waals surface area contributed by atoms with Crippen molar-refractivity contribution in [3.63, 3.8) is 0 Å². The molecule has 0 bridgehead atoms. The Hall–Kier alpha value is -2.18. The number of nitrogens with zero attached hydrogens (tertiary/aromatic N) is 5. The largest absolute Gasteiger partial charge is 0.354 e. The van der Waals surface area contributed by atoms with Crippen LogP contribution in [0.5, 0.6) is 0 Å². The highest BCUT2D eigenvalue weighted by molar-refractivity contribution is 5.39. The molecule has 0 saturated carbocycles. The topological polar surface area (TPSA) is 80.5 Å². The van der Waals surface area contributed by atoms with Crippen LogP contribution in [0, 0.1) is 0 Å². The fourth-order valence-corrected chi connectivity index (χ4v) is 1.56. The number of hydrogen-bond donors (Lipinski definition) is 2. The number of imidazole rings is 1. The molecule has 2 N–H and O–H groups in total. The zero-order valence-electron chi connectivity index (χ0n) is 12.4. The molecule has 108 valence electrons. The van der Waals surface area contributed by atoms with Gasteiger partial charge < -0.3 is 10.6 Å². The summed E-state index contributed by atoms with van der Waals surface area (Å²) in [5.74, 6) is 1.66. The third-order valence-electron chi connectivity index (χ3n) is 2.38. The lowest BCUT2D eigenvalue weighted by molar-refractivity contribution is 0.624. The van der Waals surface area contributed by atoms with E-state index in [0.29, 0.717) is 17.8 Å². The van der Waals surface area contributed by atoms with Gasteiger partial charge >= 0.3 is 0 Å². The van der Waals surface area contributed by atoms with Crippen molar-refractivity contribution >= 4 is 11.9 Å². The molecule has 0 spiro atoms. The normalized spacial score (nSPS) is 11.4. The molecular weight excluding hydrogens is 254 g/mol. The zero-order chi connectivity index (χ0) is 14.6. The first kappa shape index (κ1) is 14.2. The molecule has 2 rings (SSSR count). The summed E-state index contributed by atoms with van der Waals surface area (Å²) in [6, 6.07) is 0. The van der Waals surface area contributed by atoms with Crippen LogP contribution in [-0.2, 0) is 0 Å². The average molecular weight is 275 g/mol. The number of rotatable bonds is 5. The molecule has 0 aliphatic heterocycles. The van der Waals surface area contributed by atoms with Gasteiger partial charge in [0.15, 0.2) is 0 Å². The van der Waals surface area contributed by atoms with Crippen molar-refractivity contribution < 1.29 is 0 Å². The molecule has 0 aromatic carbocycles. The molecule has 7 nitrogen and oxygen atoms in total. The summed E-state index contributed by atoms with van der Waals surface area (Å²) in [6.07, 6.45) is 6.17. The van der Waals surface area contributed by atoms with Crippen molar-refractivity contribution in [2.24, 2.45) is 0 Å². The monoisotopic (exact) mass is 275 g/mol. The Morgan fingerprint density at radius 3 is 2.50 bits per heavy atom. The third kappa shape index (κ3) is 3.91. The van der Waals surface area contributed by atoms with Crippen LogP contribution in [0.2, 0.25) is 0 Å².